The number of nitrogens with zero attached hydrogens (tertiary/aromatic N) is 4. The van der Waals surface area contributed by atoms with Crippen molar-refractivity contribution >= 4 is 0 Å². The van der Waals surface area contributed by atoms with Gasteiger partial charge < -0.3 is 10.3 Å². The van der Waals surface area contributed by atoms with E-state index in [1.54, 1.807) is 11.6 Å². The summed E-state index contributed by atoms with van der Waals surface area (Å²) in [4.78, 5) is 4.18. The molecule has 18 heavy (non-hydrogen) atoms. The van der Waals surface area contributed by atoms with Crippen molar-refractivity contribution in [1.82, 2.24) is 19.9 Å². The molecule has 0 aliphatic carbocycles. The van der Waals surface area contributed by atoms with Crippen LogP contribution in [0.3, 0.4) is 0 Å². The summed E-state index contributed by atoms with van der Waals surface area (Å²) in [6.07, 6.45) is 1.91. The molecule has 2 aromatic heterocycles. The molecule has 6 heteroatoms. The van der Waals surface area contributed by atoms with Gasteiger partial charge >= 0.3 is 0 Å². The fraction of sp³-hybridized carbons (Fsp3) is 0.583. The molecule has 0 saturated carbocycles. The van der Waals surface area contributed by atoms with Crippen molar-refractivity contribution in [1.29, 1.82) is 0 Å². The monoisotopic (exact) mass is 249 g/mol. The van der Waals surface area contributed by atoms with Gasteiger partial charge in [-0.25, -0.2) is 0 Å². The van der Waals surface area contributed by atoms with Crippen molar-refractivity contribution in [3.8, 4) is 0 Å². The maximum absolute atomic E-state index is 6.20. The zero-order valence-electron chi connectivity index (χ0n) is 11.4. The van der Waals surface area contributed by atoms with Crippen molar-refractivity contribution in [2.24, 2.45) is 12.8 Å². The molecular formula is C12H19N5O. The second-order valence-electron chi connectivity index (χ2n) is 5.51. The van der Waals surface area contributed by atoms with Crippen LogP contribution in [0.25, 0.3) is 0 Å². The van der Waals surface area contributed by atoms with Crippen LogP contribution in [0, 0.1) is 6.92 Å². The third-order valence-corrected chi connectivity index (χ3v) is 2.72. The van der Waals surface area contributed by atoms with Crippen LogP contribution in [-0.2, 0) is 12.5 Å². The number of aryl methyl sites for hydroxylation is 2. The van der Waals surface area contributed by atoms with Crippen LogP contribution in [0.1, 0.15) is 49.8 Å². The van der Waals surface area contributed by atoms with E-state index < -0.39 is 6.04 Å². The van der Waals surface area contributed by atoms with Gasteiger partial charge in [0.05, 0.1) is 11.7 Å². The topological polar surface area (TPSA) is 82.8 Å². The molecule has 2 rings (SSSR count). The smallest absolute Gasteiger partial charge is 0.223 e. The van der Waals surface area contributed by atoms with Crippen LogP contribution < -0.4 is 5.73 Å². The Labute approximate surface area is 106 Å². The van der Waals surface area contributed by atoms with Crippen LogP contribution in [0.5, 0.6) is 0 Å². The average molecular weight is 249 g/mol. The molecule has 0 saturated heterocycles. The van der Waals surface area contributed by atoms with E-state index in [4.69, 9.17) is 10.3 Å². The van der Waals surface area contributed by atoms with Gasteiger partial charge in [0, 0.05) is 31.1 Å². The highest BCUT2D eigenvalue weighted by molar-refractivity contribution is 5.30. The summed E-state index contributed by atoms with van der Waals surface area (Å²) in [7, 11) is 1.88. The van der Waals surface area contributed by atoms with E-state index in [9.17, 15) is 0 Å². The lowest BCUT2D eigenvalue weighted by Gasteiger charge is -2.19. The van der Waals surface area contributed by atoms with E-state index >= 15 is 0 Å². The Kier molecular flexibility index (Phi) is 2.98. The molecule has 1 atom stereocenters. The number of nitrogens with two attached hydrogens (primary N) is 1. The molecule has 1 unspecified atom stereocenters. The summed E-state index contributed by atoms with van der Waals surface area (Å²) in [6.45, 7) is 8.06. The van der Waals surface area contributed by atoms with Crippen molar-refractivity contribution in [2.45, 2.75) is 39.2 Å². The van der Waals surface area contributed by atoms with Gasteiger partial charge in [-0.3, -0.25) is 4.68 Å². The van der Waals surface area contributed by atoms with E-state index in [0.29, 0.717) is 11.7 Å². The predicted octanol–water partition coefficient (Wildman–Crippen LogP) is 1.46. The molecule has 0 aliphatic heterocycles. The molecule has 0 bridgehead atoms. The molecule has 6 nitrogen and oxygen atoms in total. The standard InChI is InChI=1S/C12H19N5O/c1-7-14-11(16-18-7)9(13)8-6-17(5)15-10(8)12(2,3)4/h6,9H,13H2,1-5H3. The molecule has 98 valence electrons. The lowest BCUT2D eigenvalue weighted by molar-refractivity contribution is 0.385. The summed E-state index contributed by atoms with van der Waals surface area (Å²) in [5.74, 6) is 1.01. The van der Waals surface area contributed by atoms with Gasteiger partial charge in [-0.05, 0) is 0 Å². The van der Waals surface area contributed by atoms with E-state index in [-0.39, 0.29) is 5.41 Å². The molecule has 0 spiro atoms. The largest absolute Gasteiger partial charge is 0.340 e. The van der Waals surface area contributed by atoms with Crippen LogP contribution in [-0.4, -0.2) is 19.9 Å². The Morgan fingerprint density at radius 3 is 2.56 bits per heavy atom. The SMILES string of the molecule is Cc1nc(C(N)c2cn(C)nc2C(C)(C)C)no1. The van der Waals surface area contributed by atoms with Gasteiger partial charge in [-0.2, -0.15) is 10.1 Å². The maximum atomic E-state index is 6.20. The molecule has 0 aromatic carbocycles. The van der Waals surface area contributed by atoms with Crippen LogP contribution in [0.15, 0.2) is 10.7 Å². The predicted molar refractivity (Wildman–Crippen MR) is 67.0 cm³/mol. The summed E-state index contributed by atoms with van der Waals surface area (Å²) >= 11 is 0. The Morgan fingerprint density at radius 1 is 1.39 bits per heavy atom. The van der Waals surface area contributed by atoms with Crippen molar-refractivity contribution < 1.29 is 4.52 Å². The second-order valence-corrected chi connectivity index (χ2v) is 5.51. The second kappa shape index (κ2) is 4.20. The zero-order chi connectivity index (χ0) is 13.5. The van der Waals surface area contributed by atoms with Gasteiger partial charge in [0.1, 0.15) is 0 Å². The minimum absolute atomic E-state index is 0.0764. The first kappa shape index (κ1) is 12.8. The summed E-state index contributed by atoms with van der Waals surface area (Å²) in [5, 5.41) is 8.36. The highest BCUT2D eigenvalue weighted by Crippen LogP contribution is 2.29. The highest BCUT2D eigenvalue weighted by Gasteiger charge is 2.27. The van der Waals surface area contributed by atoms with Crippen molar-refractivity contribution in [2.75, 3.05) is 0 Å². The Bertz CT molecular complexity index is 549. The van der Waals surface area contributed by atoms with E-state index in [0.717, 1.165) is 11.3 Å². The number of aromatic nitrogens is 4. The molecular weight excluding hydrogens is 230 g/mol. The third kappa shape index (κ3) is 2.28. The summed E-state index contributed by atoms with van der Waals surface area (Å²) in [6, 6.07) is -0.412. The van der Waals surface area contributed by atoms with Gasteiger partial charge in [0.15, 0.2) is 5.82 Å². The molecule has 0 amide bonds. The van der Waals surface area contributed by atoms with Gasteiger partial charge in [-0.1, -0.05) is 25.9 Å². The van der Waals surface area contributed by atoms with Gasteiger partial charge in [0.2, 0.25) is 5.89 Å². The zero-order valence-corrected chi connectivity index (χ0v) is 11.4. The fourth-order valence-electron chi connectivity index (χ4n) is 1.90. The van der Waals surface area contributed by atoms with Crippen molar-refractivity contribution in [3.05, 3.63) is 29.2 Å². The average Bonchev–Trinajstić information content (AvgIpc) is 2.82. The first-order valence-electron chi connectivity index (χ1n) is 5.89. The molecule has 0 aliphatic rings. The first-order valence-corrected chi connectivity index (χ1v) is 5.89. The van der Waals surface area contributed by atoms with E-state index in [2.05, 4.69) is 36.0 Å². The maximum Gasteiger partial charge on any atom is 0.223 e. The third-order valence-electron chi connectivity index (χ3n) is 2.72. The number of hydrogen-bond acceptors (Lipinski definition) is 5. The quantitative estimate of drug-likeness (QED) is 0.871. The Morgan fingerprint density at radius 2 is 2.06 bits per heavy atom. The fourth-order valence-corrected chi connectivity index (χ4v) is 1.90. The van der Waals surface area contributed by atoms with Gasteiger partial charge in [-0.15, -0.1) is 0 Å². The van der Waals surface area contributed by atoms with Gasteiger partial charge in [0.25, 0.3) is 0 Å². The van der Waals surface area contributed by atoms with E-state index in [1.807, 2.05) is 13.2 Å². The Hall–Kier alpha value is -1.69. The summed E-state index contributed by atoms with van der Waals surface area (Å²) < 4.78 is 6.74. The lowest BCUT2D eigenvalue weighted by Crippen LogP contribution is -2.21. The highest BCUT2D eigenvalue weighted by atomic mass is 16.5. The van der Waals surface area contributed by atoms with E-state index in [1.165, 1.54) is 0 Å². The molecule has 2 heterocycles. The lowest BCUT2D eigenvalue weighted by atomic mass is 9.87. The molecule has 0 fully saturated rings. The first-order chi connectivity index (χ1) is 8.29. The molecule has 0 radical (unpaired) electrons. The molecule has 2 aromatic rings. The normalized spacial score (nSPS) is 13.9. The van der Waals surface area contributed by atoms with Crippen LogP contribution in [0.4, 0.5) is 0 Å². The minimum atomic E-state index is -0.412. The Balaban J connectivity index is 2.45. The van der Waals surface area contributed by atoms with Crippen LogP contribution >= 0.6 is 0 Å². The summed E-state index contributed by atoms with van der Waals surface area (Å²) in [5.41, 5.74) is 8.02. The van der Waals surface area contributed by atoms with Crippen molar-refractivity contribution in [3.63, 3.8) is 0 Å². The molecule has 2 N–H and O–H groups in total. The number of hydrogen-bond donors (Lipinski definition) is 1. The minimum Gasteiger partial charge on any atom is -0.340 e. The van der Waals surface area contributed by atoms with Crippen LogP contribution in [0.2, 0.25) is 0 Å². The number of rotatable bonds is 2.